The molecule has 0 unspecified atom stereocenters. The number of aromatic nitrogens is 2. The Morgan fingerprint density at radius 1 is 0.441 bits per heavy atom. The molecule has 0 spiro atoms. The van der Waals surface area contributed by atoms with E-state index in [0.717, 1.165) is 17.1 Å². The fourth-order valence-electron chi connectivity index (χ4n) is 5.35. The molecule has 0 aliphatic carbocycles. The van der Waals surface area contributed by atoms with Gasteiger partial charge in [0.25, 0.3) is 0 Å². The van der Waals surface area contributed by atoms with Crippen molar-refractivity contribution in [2.75, 3.05) is 7.11 Å². The van der Waals surface area contributed by atoms with E-state index < -0.39 is 0 Å². The molecule has 0 atom stereocenters. The molecule has 0 N–H and O–H groups in total. The lowest BCUT2D eigenvalue weighted by Gasteiger charge is -2.15. The number of rotatable bonds is 3. The molecule has 0 saturated carbocycles. The van der Waals surface area contributed by atoms with Gasteiger partial charge in [-0.1, -0.05) is 72.8 Å². The van der Waals surface area contributed by atoms with Crippen molar-refractivity contribution >= 4 is 43.6 Å². The smallest absolute Gasteiger partial charge is 0.123 e. The van der Waals surface area contributed by atoms with Gasteiger partial charge in [0.1, 0.15) is 5.75 Å². The standard InChI is InChI=1S/C31H22N2O/c1-34-23-19-21(32-28-14-6-2-10-24(28)25-11-3-7-15-29(25)32)18-22(20-23)33-30-16-8-4-12-26(30)27-13-5-9-17-31(27)33/h2-20H,1H3. The molecule has 0 amide bonds. The van der Waals surface area contributed by atoms with Gasteiger partial charge in [-0.3, -0.25) is 0 Å². The maximum Gasteiger partial charge on any atom is 0.123 e. The molecule has 34 heavy (non-hydrogen) atoms. The van der Waals surface area contributed by atoms with Crippen LogP contribution in [0.2, 0.25) is 0 Å². The largest absolute Gasteiger partial charge is 0.497 e. The van der Waals surface area contributed by atoms with Crippen molar-refractivity contribution < 1.29 is 4.74 Å². The maximum atomic E-state index is 5.81. The lowest BCUT2D eigenvalue weighted by atomic mass is 10.2. The van der Waals surface area contributed by atoms with Gasteiger partial charge in [-0.2, -0.15) is 0 Å². The predicted octanol–water partition coefficient (Wildman–Crippen LogP) is 7.89. The summed E-state index contributed by atoms with van der Waals surface area (Å²) < 4.78 is 10.5. The van der Waals surface area contributed by atoms with Crippen LogP contribution >= 0.6 is 0 Å². The average Bonchev–Trinajstić information content (AvgIpc) is 3.42. The number of ether oxygens (including phenoxy) is 1. The molecule has 2 heterocycles. The summed E-state index contributed by atoms with van der Waals surface area (Å²) in [5.74, 6) is 0.830. The summed E-state index contributed by atoms with van der Waals surface area (Å²) in [6, 6.07) is 40.9. The van der Waals surface area contributed by atoms with E-state index in [-0.39, 0.29) is 0 Å². The minimum absolute atomic E-state index is 0.830. The monoisotopic (exact) mass is 438 g/mol. The normalized spacial score (nSPS) is 11.7. The van der Waals surface area contributed by atoms with Gasteiger partial charge in [0.2, 0.25) is 0 Å². The summed E-state index contributed by atoms with van der Waals surface area (Å²) >= 11 is 0. The van der Waals surface area contributed by atoms with Gasteiger partial charge in [-0.05, 0) is 30.3 Å². The van der Waals surface area contributed by atoms with E-state index in [1.165, 1.54) is 43.6 Å². The molecule has 0 saturated heterocycles. The molecule has 7 aromatic rings. The summed E-state index contributed by atoms with van der Waals surface area (Å²) in [6.45, 7) is 0. The quantitative estimate of drug-likeness (QED) is 0.274. The first kappa shape index (κ1) is 19.0. The average molecular weight is 439 g/mol. The van der Waals surface area contributed by atoms with Crippen LogP contribution < -0.4 is 4.74 Å². The molecule has 3 heteroatoms. The zero-order chi connectivity index (χ0) is 22.6. The maximum absolute atomic E-state index is 5.81. The molecule has 0 radical (unpaired) electrons. The number of hydrogen-bond donors (Lipinski definition) is 0. The molecule has 0 aliphatic rings. The predicted molar refractivity (Wildman–Crippen MR) is 142 cm³/mol. The van der Waals surface area contributed by atoms with E-state index in [9.17, 15) is 0 Å². The number of benzene rings is 5. The summed E-state index contributed by atoms with van der Waals surface area (Å²) in [6.07, 6.45) is 0. The van der Waals surface area contributed by atoms with E-state index in [0.29, 0.717) is 0 Å². The Bertz CT molecular complexity index is 1620. The Morgan fingerprint density at radius 2 is 0.765 bits per heavy atom. The van der Waals surface area contributed by atoms with Crippen molar-refractivity contribution in [3.63, 3.8) is 0 Å². The molecule has 0 fully saturated rings. The Balaban J connectivity index is 1.59. The van der Waals surface area contributed by atoms with Gasteiger partial charge in [0.15, 0.2) is 0 Å². The highest BCUT2D eigenvalue weighted by Gasteiger charge is 2.16. The van der Waals surface area contributed by atoms with Crippen LogP contribution in [0.15, 0.2) is 115 Å². The summed E-state index contributed by atoms with van der Waals surface area (Å²) in [5.41, 5.74) is 6.90. The van der Waals surface area contributed by atoms with Gasteiger partial charge < -0.3 is 13.9 Å². The Labute approximate surface area is 197 Å². The molecule has 2 aromatic heterocycles. The summed E-state index contributed by atoms with van der Waals surface area (Å²) in [7, 11) is 1.74. The summed E-state index contributed by atoms with van der Waals surface area (Å²) in [5, 5.41) is 5.00. The number of para-hydroxylation sites is 4. The van der Waals surface area contributed by atoms with Gasteiger partial charge in [-0.25, -0.2) is 0 Å². The zero-order valence-corrected chi connectivity index (χ0v) is 18.8. The molecule has 3 nitrogen and oxygen atoms in total. The number of nitrogens with zero attached hydrogens (tertiary/aromatic N) is 2. The van der Waals surface area contributed by atoms with Crippen molar-refractivity contribution in [3.05, 3.63) is 115 Å². The van der Waals surface area contributed by atoms with Crippen LogP contribution in [-0.2, 0) is 0 Å². The molecule has 7 rings (SSSR count). The van der Waals surface area contributed by atoms with Crippen molar-refractivity contribution in [3.8, 4) is 17.1 Å². The van der Waals surface area contributed by atoms with Crippen molar-refractivity contribution in [2.24, 2.45) is 0 Å². The topological polar surface area (TPSA) is 19.1 Å². The third-order valence-electron chi connectivity index (χ3n) is 6.79. The number of hydrogen-bond acceptors (Lipinski definition) is 1. The molecule has 0 aliphatic heterocycles. The molecule has 5 aromatic carbocycles. The van der Waals surface area contributed by atoms with Crippen molar-refractivity contribution in [1.29, 1.82) is 0 Å². The third-order valence-corrected chi connectivity index (χ3v) is 6.79. The second-order valence-corrected chi connectivity index (χ2v) is 8.63. The molecule has 162 valence electrons. The first-order valence-electron chi connectivity index (χ1n) is 11.5. The molecular formula is C31H22N2O. The number of methoxy groups -OCH3 is 1. The van der Waals surface area contributed by atoms with Crippen LogP contribution in [0.5, 0.6) is 5.75 Å². The first-order valence-corrected chi connectivity index (χ1v) is 11.5. The molecular weight excluding hydrogens is 416 g/mol. The van der Waals surface area contributed by atoms with Gasteiger partial charge >= 0.3 is 0 Å². The lowest BCUT2D eigenvalue weighted by molar-refractivity contribution is 0.414. The van der Waals surface area contributed by atoms with E-state index in [2.05, 4.69) is 124 Å². The van der Waals surface area contributed by atoms with Gasteiger partial charge in [0, 0.05) is 33.7 Å². The zero-order valence-electron chi connectivity index (χ0n) is 18.8. The lowest BCUT2D eigenvalue weighted by Crippen LogP contribution is -2.00. The fraction of sp³-hybridized carbons (Fsp3) is 0.0323. The van der Waals surface area contributed by atoms with Crippen LogP contribution in [0, 0.1) is 0 Å². The minimum Gasteiger partial charge on any atom is -0.497 e. The second kappa shape index (κ2) is 7.26. The van der Waals surface area contributed by atoms with Crippen LogP contribution in [-0.4, -0.2) is 16.2 Å². The SMILES string of the molecule is COc1cc(-n2c3ccccc3c3ccccc32)cc(-n2c3ccccc3c3ccccc32)c1. The van der Waals surface area contributed by atoms with Crippen LogP contribution in [0.1, 0.15) is 0 Å². The van der Waals surface area contributed by atoms with Crippen LogP contribution in [0.25, 0.3) is 55.0 Å². The second-order valence-electron chi connectivity index (χ2n) is 8.63. The van der Waals surface area contributed by atoms with E-state index in [1.54, 1.807) is 7.11 Å². The van der Waals surface area contributed by atoms with Crippen LogP contribution in [0.4, 0.5) is 0 Å². The first-order chi connectivity index (χ1) is 16.8. The Morgan fingerprint density at radius 3 is 1.09 bits per heavy atom. The third kappa shape index (κ3) is 2.64. The minimum atomic E-state index is 0.830. The summed E-state index contributed by atoms with van der Waals surface area (Å²) in [4.78, 5) is 0. The highest BCUT2D eigenvalue weighted by Crippen LogP contribution is 2.36. The fourth-order valence-corrected chi connectivity index (χ4v) is 5.35. The Hall–Kier alpha value is -4.50. The van der Waals surface area contributed by atoms with E-state index >= 15 is 0 Å². The highest BCUT2D eigenvalue weighted by atomic mass is 16.5. The van der Waals surface area contributed by atoms with Crippen molar-refractivity contribution in [2.45, 2.75) is 0 Å². The van der Waals surface area contributed by atoms with Gasteiger partial charge in [0.05, 0.1) is 40.6 Å². The molecule has 0 bridgehead atoms. The highest BCUT2D eigenvalue weighted by molar-refractivity contribution is 6.10. The Kier molecular flexibility index (Phi) is 4.06. The van der Waals surface area contributed by atoms with Crippen molar-refractivity contribution in [1.82, 2.24) is 9.13 Å². The van der Waals surface area contributed by atoms with E-state index in [1.807, 2.05) is 0 Å². The number of fused-ring (bicyclic) bond motifs is 6. The van der Waals surface area contributed by atoms with Gasteiger partial charge in [-0.15, -0.1) is 0 Å². The van der Waals surface area contributed by atoms with E-state index in [4.69, 9.17) is 4.74 Å². The van der Waals surface area contributed by atoms with Crippen LogP contribution in [0.3, 0.4) is 0 Å².